The van der Waals surface area contributed by atoms with E-state index < -0.39 is 0 Å². The highest BCUT2D eigenvalue weighted by Crippen LogP contribution is 2.19. The number of aromatic nitrogens is 2. The van der Waals surface area contributed by atoms with Gasteiger partial charge in [-0.1, -0.05) is 59.6 Å². The Morgan fingerprint density at radius 3 is 1.76 bits per heavy atom. The van der Waals surface area contributed by atoms with Gasteiger partial charge in [0.05, 0.1) is 16.2 Å². The summed E-state index contributed by atoms with van der Waals surface area (Å²) in [4.78, 5) is 13.4. The van der Waals surface area contributed by atoms with Gasteiger partial charge in [-0.25, -0.2) is 4.39 Å². The van der Waals surface area contributed by atoms with Crippen LogP contribution in [0, 0.1) is 31.5 Å². The number of nitrogens with one attached hydrogen (secondary N) is 2. The van der Waals surface area contributed by atoms with E-state index in [0.717, 1.165) is 24.5 Å². The molecule has 1 aliphatic heterocycles. The van der Waals surface area contributed by atoms with E-state index in [2.05, 4.69) is 41.2 Å². The molecule has 0 bridgehead atoms. The highest BCUT2D eigenvalue weighted by molar-refractivity contribution is 6.41. The van der Waals surface area contributed by atoms with Crippen LogP contribution in [0.2, 0.25) is 10.0 Å². The summed E-state index contributed by atoms with van der Waals surface area (Å²) >= 11 is 11.2. The van der Waals surface area contributed by atoms with Gasteiger partial charge in [0, 0.05) is 25.7 Å². The molecule has 0 spiro atoms. The zero-order chi connectivity index (χ0) is 28.5. The number of amides is 1. The number of nitrogens with zero attached hydrogens (tertiary/aromatic N) is 2. The summed E-state index contributed by atoms with van der Waals surface area (Å²) in [5.41, 5.74) is 0.868. The summed E-state index contributed by atoms with van der Waals surface area (Å²) in [6, 6.07) is 17.0. The van der Waals surface area contributed by atoms with Gasteiger partial charge < -0.3 is 10.2 Å². The number of carbonyl (C=O) groups is 1. The SMILES string of the molecule is C#C.C#C.C/C=C(/C)C(=O)N1CCCC1.CNc1ccn[nH]1.Clc1ccccc1Cl.Fc1ccccc1. The average Bonchev–Trinajstić information content (AvgIpc) is 3.68. The second-order valence-corrected chi connectivity index (χ2v) is 7.72. The number of allylic oxidation sites excluding steroid dienone is 1. The molecular weight excluding hydrogens is 510 g/mol. The predicted octanol–water partition coefficient (Wildman–Crippen LogP) is 7.34. The summed E-state index contributed by atoms with van der Waals surface area (Å²) in [7, 11) is 1.84. The van der Waals surface area contributed by atoms with Gasteiger partial charge in [-0.2, -0.15) is 5.10 Å². The number of H-pyrrole nitrogens is 1. The molecule has 0 aliphatic carbocycles. The Hall–Kier alpha value is -3.71. The van der Waals surface area contributed by atoms with Crippen molar-refractivity contribution in [3.63, 3.8) is 0 Å². The number of rotatable bonds is 2. The summed E-state index contributed by atoms with van der Waals surface area (Å²) in [5, 5.41) is 10.5. The number of likely N-dealkylation sites (tertiary alicyclic amines) is 1. The molecule has 4 rings (SSSR count). The Bertz CT molecular complexity index is 1000. The van der Waals surface area contributed by atoms with Crippen molar-refractivity contribution in [3.05, 3.63) is 94.4 Å². The first-order valence-electron chi connectivity index (χ1n) is 11.3. The maximum Gasteiger partial charge on any atom is 0.249 e. The minimum absolute atomic E-state index is 0.178. The predicted molar refractivity (Wildman–Crippen MR) is 156 cm³/mol. The number of aromatic amines is 1. The fraction of sp³-hybridized carbons (Fsp3) is 0.241. The molecule has 37 heavy (non-hydrogen) atoms. The van der Waals surface area contributed by atoms with E-state index in [-0.39, 0.29) is 11.7 Å². The zero-order valence-corrected chi connectivity index (χ0v) is 23.0. The fourth-order valence-electron chi connectivity index (χ4n) is 2.54. The van der Waals surface area contributed by atoms with Crippen molar-refractivity contribution >= 4 is 34.9 Å². The molecule has 198 valence electrons. The maximum absolute atomic E-state index is 11.9. The van der Waals surface area contributed by atoms with Crippen LogP contribution in [0.4, 0.5) is 10.2 Å². The van der Waals surface area contributed by atoms with Gasteiger partial charge in [-0.3, -0.25) is 9.89 Å². The molecule has 0 atom stereocenters. The molecule has 3 aromatic rings. The minimum Gasteiger partial charge on any atom is -0.374 e. The number of terminal acetylenes is 2. The molecule has 1 fully saturated rings. The molecule has 2 heterocycles. The molecule has 1 saturated heterocycles. The average molecular weight is 546 g/mol. The van der Waals surface area contributed by atoms with Crippen LogP contribution < -0.4 is 5.32 Å². The van der Waals surface area contributed by atoms with Gasteiger partial charge in [0.15, 0.2) is 0 Å². The topological polar surface area (TPSA) is 61.0 Å². The van der Waals surface area contributed by atoms with Gasteiger partial charge in [0.2, 0.25) is 5.91 Å². The summed E-state index contributed by atoms with van der Waals surface area (Å²) in [6.07, 6.45) is 21.9. The van der Waals surface area contributed by atoms with E-state index in [1.165, 1.54) is 25.0 Å². The summed E-state index contributed by atoms with van der Waals surface area (Å²) in [6.45, 7) is 5.68. The fourth-order valence-corrected chi connectivity index (χ4v) is 2.81. The van der Waals surface area contributed by atoms with Crippen molar-refractivity contribution in [2.75, 3.05) is 25.5 Å². The Morgan fingerprint density at radius 1 is 0.973 bits per heavy atom. The van der Waals surface area contributed by atoms with Crippen LogP contribution in [-0.2, 0) is 4.79 Å². The van der Waals surface area contributed by atoms with Gasteiger partial charge in [0.25, 0.3) is 0 Å². The molecular formula is C29H35Cl2FN4O. The van der Waals surface area contributed by atoms with Crippen molar-refractivity contribution < 1.29 is 9.18 Å². The lowest BCUT2D eigenvalue weighted by molar-refractivity contribution is -0.126. The number of hydrogen-bond acceptors (Lipinski definition) is 3. The molecule has 0 unspecified atom stereocenters. The number of benzene rings is 2. The van der Waals surface area contributed by atoms with Crippen LogP contribution in [0.5, 0.6) is 0 Å². The summed E-state index contributed by atoms with van der Waals surface area (Å²) < 4.78 is 11.9. The van der Waals surface area contributed by atoms with Crippen LogP contribution in [0.15, 0.2) is 78.5 Å². The molecule has 8 heteroatoms. The molecule has 5 nitrogen and oxygen atoms in total. The first-order chi connectivity index (χ1) is 17.9. The molecule has 1 aromatic heterocycles. The summed E-state index contributed by atoms with van der Waals surface area (Å²) in [5.74, 6) is 0.979. The lowest BCUT2D eigenvalue weighted by Gasteiger charge is -2.14. The van der Waals surface area contributed by atoms with E-state index in [0.29, 0.717) is 10.0 Å². The number of anilines is 1. The van der Waals surface area contributed by atoms with Crippen LogP contribution in [0.1, 0.15) is 26.7 Å². The molecule has 1 aliphatic rings. The Balaban J connectivity index is 0. The lowest BCUT2D eigenvalue weighted by atomic mass is 10.2. The number of hydrogen-bond donors (Lipinski definition) is 2. The van der Waals surface area contributed by atoms with E-state index in [1.807, 2.05) is 50.1 Å². The third-order valence-corrected chi connectivity index (χ3v) is 5.25. The van der Waals surface area contributed by atoms with E-state index in [9.17, 15) is 9.18 Å². The van der Waals surface area contributed by atoms with Crippen LogP contribution in [0.25, 0.3) is 0 Å². The quantitative estimate of drug-likeness (QED) is 0.262. The van der Waals surface area contributed by atoms with E-state index in [4.69, 9.17) is 23.2 Å². The smallest absolute Gasteiger partial charge is 0.249 e. The molecule has 2 N–H and O–H groups in total. The highest BCUT2D eigenvalue weighted by Gasteiger charge is 2.17. The second-order valence-electron chi connectivity index (χ2n) is 6.90. The second kappa shape index (κ2) is 24.0. The van der Waals surface area contributed by atoms with Gasteiger partial charge in [-0.15, -0.1) is 25.7 Å². The number of halogens is 3. The standard InChI is InChI=1S/C9H15NO.C6H4Cl2.C6H5F.C4H7N3.2C2H2/c1-3-8(2)9(11)10-6-4-5-7-10;7-5-3-1-2-4-6(5)8;7-6-4-2-1-3-5-6;1-5-4-2-3-6-7-4;2*1-2/h3H,4-7H2,1-2H3;1-4H;1-5H;2-3H,1H3,(H2,5,6,7);2*1-2H/b8-3-;;;;;. The van der Waals surface area contributed by atoms with Gasteiger partial charge in [0.1, 0.15) is 11.6 Å². The van der Waals surface area contributed by atoms with Crippen molar-refractivity contribution in [2.45, 2.75) is 26.7 Å². The third kappa shape index (κ3) is 17.4. The molecule has 0 radical (unpaired) electrons. The normalized spacial score (nSPS) is 11.1. The number of carbonyl (C=O) groups excluding carboxylic acids is 1. The third-order valence-electron chi connectivity index (χ3n) is 4.49. The highest BCUT2D eigenvalue weighted by atomic mass is 35.5. The first kappa shape index (κ1) is 35.5. The van der Waals surface area contributed by atoms with Crippen molar-refractivity contribution in [1.29, 1.82) is 0 Å². The van der Waals surface area contributed by atoms with Crippen molar-refractivity contribution in [1.82, 2.24) is 15.1 Å². The zero-order valence-electron chi connectivity index (χ0n) is 21.5. The Morgan fingerprint density at radius 2 is 1.46 bits per heavy atom. The van der Waals surface area contributed by atoms with E-state index in [1.54, 1.807) is 36.5 Å². The van der Waals surface area contributed by atoms with Crippen molar-refractivity contribution in [2.24, 2.45) is 0 Å². The van der Waals surface area contributed by atoms with Crippen molar-refractivity contribution in [3.8, 4) is 25.7 Å². The first-order valence-corrected chi connectivity index (χ1v) is 12.0. The van der Waals surface area contributed by atoms with Crippen LogP contribution >= 0.6 is 23.2 Å². The molecule has 1 amide bonds. The lowest BCUT2D eigenvalue weighted by Crippen LogP contribution is -2.28. The molecule has 2 aromatic carbocycles. The maximum atomic E-state index is 11.9. The van der Waals surface area contributed by atoms with Crippen LogP contribution in [-0.4, -0.2) is 41.1 Å². The van der Waals surface area contributed by atoms with Gasteiger partial charge >= 0.3 is 0 Å². The minimum atomic E-state index is -0.178. The Kier molecular flexibility index (Phi) is 23.0. The largest absolute Gasteiger partial charge is 0.374 e. The molecule has 0 saturated carbocycles. The van der Waals surface area contributed by atoms with Gasteiger partial charge in [-0.05, 0) is 57.0 Å². The van der Waals surface area contributed by atoms with E-state index >= 15 is 0 Å². The Labute approximate surface area is 231 Å². The monoisotopic (exact) mass is 544 g/mol. The van der Waals surface area contributed by atoms with Crippen LogP contribution in [0.3, 0.4) is 0 Å².